The van der Waals surface area contributed by atoms with Crippen molar-refractivity contribution < 1.29 is 4.79 Å². The third-order valence-electron chi connectivity index (χ3n) is 3.70. The average Bonchev–Trinajstić information content (AvgIpc) is 3.03. The van der Waals surface area contributed by atoms with Crippen molar-refractivity contribution in [2.75, 3.05) is 43.7 Å². The van der Waals surface area contributed by atoms with E-state index < -0.39 is 0 Å². The molecule has 1 fully saturated rings. The van der Waals surface area contributed by atoms with E-state index in [1.165, 1.54) is 11.3 Å². The van der Waals surface area contributed by atoms with Gasteiger partial charge in [-0.1, -0.05) is 12.1 Å². The molecular weight excluding hydrogens is 330 g/mol. The first kappa shape index (κ1) is 16.1. The molecular formula is C15H19N5OS2. The molecule has 122 valence electrons. The Hall–Kier alpha value is -1.77. The molecule has 0 saturated carbocycles. The van der Waals surface area contributed by atoms with Crippen molar-refractivity contribution in [3.63, 3.8) is 0 Å². The predicted octanol–water partition coefficient (Wildman–Crippen LogP) is 2.82. The van der Waals surface area contributed by atoms with Crippen LogP contribution in [-0.4, -0.2) is 53.2 Å². The number of hydrogen-bond acceptors (Lipinski definition) is 7. The summed E-state index contributed by atoms with van der Waals surface area (Å²) in [6.45, 7) is 3.40. The number of nitrogen functional groups attached to an aromatic ring is 1. The third kappa shape index (κ3) is 4.15. The quantitative estimate of drug-likeness (QED) is 0.656. The zero-order valence-corrected chi connectivity index (χ0v) is 14.5. The maximum atomic E-state index is 12.2. The molecule has 0 bridgehead atoms. The van der Waals surface area contributed by atoms with E-state index in [2.05, 4.69) is 21.7 Å². The van der Waals surface area contributed by atoms with Crippen LogP contribution in [0.4, 0.5) is 15.6 Å². The second-order valence-electron chi connectivity index (χ2n) is 5.42. The molecule has 2 heterocycles. The van der Waals surface area contributed by atoms with E-state index in [1.54, 1.807) is 0 Å². The molecule has 8 heteroatoms. The molecule has 1 saturated heterocycles. The lowest BCUT2D eigenvalue weighted by molar-refractivity contribution is 0.172. The molecule has 0 spiro atoms. The number of nitrogens with two attached hydrogens (primary N) is 1. The molecule has 23 heavy (non-hydrogen) atoms. The van der Waals surface area contributed by atoms with Crippen molar-refractivity contribution >= 4 is 39.3 Å². The van der Waals surface area contributed by atoms with E-state index in [-0.39, 0.29) is 5.24 Å². The number of anilines is 2. The van der Waals surface area contributed by atoms with E-state index in [1.807, 2.05) is 34.5 Å². The van der Waals surface area contributed by atoms with Gasteiger partial charge in [-0.25, -0.2) is 4.98 Å². The number of aromatic nitrogens is 1. The minimum atomic E-state index is 0.0438. The Bertz CT molecular complexity index is 665. The largest absolute Gasteiger partial charge is 0.399 e. The molecule has 3 rings (SSSR count). The second kappa shape index (κ2) is 7.20. The van der Waals surface area contributed by atoms with Crippen molar-refractivity contribution in [3.05, 3.63) is 29.6 Å². The lowest BCUT2D eigenvalue weighted by Gasteiger charge is -2.31. The molecule has 1 amide bonds. The number of rotatable bonds is 3. The van der Waals surface area contributed by atoms with Gasteiger partial charge in [-0.2, -0.15) is 0 Å². The molecule has 1 aromatic heterocycles. The lowest BCUT2D eigenvalue weighted by Crippen LogP contribution is -2.46. The van der Waals surface area contributed by atoms with Gasteiger partial charge in [0.1, 0.15) is 0 Å². The monoisotopic (exact) mass is 349 g/mol. The Morgan fingerprint density at radius 1 is 1.26 bits per heavy atom. The maximum Gasteiger partial charge on any atom is 0.302 e. The Balaban J connectivity index is 1.55. The summed E-state index contributed by atoms with van der Waals surface area (Å²) in [6, 6.07) is 7.59. The van der Waals surface area contributed by atoms with Crippen LogP contribution in [0, 0.1) is 0 Å². The lowest BCUT2D eigenvalue weighted by atomic mass is 10.2. The van der Waals surface area contributed by atoms with E-state index in [4.69, 9.17) is 5.73 Å². The first-order valence-electron chi connectivity index (χ1n) is 7.33. The van der Waals surface area contributed by atoms with Crippen LogP contribution in [0.3, 0.4) is 0 Å². The molecule has 1 aliphatic heterocycles. The van der Waals surface area contributed by atoms with Gasteiger partial charge >= 0.3 is 5.24 Å². The number of piperazine rings is 1. The summed E-state index contributed by atoms with van der Waals surface area (Å²) in [5, 5.41) is 2.74. The van der Waals surface area contributed by atoms with Crippen molar-refractivity contribution in [3.8, 4) is 11.3 Å². The highest BCUT2D eigenvalue weighted by molar-refractivity contribution is 8.14. The van der Waals surface area contributed by atoms with Crippen LogP contribution in [0.5, 0.6) is 0 Å². The predicted molar refractivity (Wildman–Crippen MR) is 97.6 cm³/mol. The van der Waals surface area contributed by atoms with Crippen LogP contribution in [0.1, 0.15) is 0 Å². The summed E-state index contributed by atoms with van der Waals surface area (Å²) in [5.41, 5.74) is 8.32. The summed E-state index contributed by atoms with van der Waals surface area (Å²) in [6.07, 6.45) is 0. The molecule has 2 aromatic rings. The van der Waals surface area contributed by atoms with Crippen molar-refractivity contribution in [2.24, 2.45) is 0 Å². The van der Waals surface area contributed by atoms with Crippen LogP contribution in [-0.2, 0) is 0 Å². The van der Waals surface area contributed by atoms with Crippen LogP contribution < -0.4 is 10.5 Å². The molecule has 0 unspecified atom stereocenters. The standard InChI is InChI=1S/C15H19N5OS2/c1-19-6-8-20(9-7-19)15(21)23-18-14-17-13(10-22-14)11-2-4-12(16)5-3-11/h2-5,10H,6-9,16H2,1H3,(H,17,18). The van der Waals surface area contributed by atoms with Crippen molar-refractivity contribution in [2.45, 2.75) is 0 Å². The highest BCUT2D eigenvalue weighted by Gasteiger charge is 2.19. The molecule has 3 N–H and O–H groups in total. The van der Waals surface area contributed by atoms with Gasteiger partial charge in [0, 0.05) is 54.8 Å². The molecule has 0 aliphatic carbocycles. The summed E-state index contributed by atoms with van der Waals surface area (Å²) >= 11 is 2.58. The number of benzene rings is 1. The Morgan fingerprint density at radius 2 is 1.96 bits per heavy atom. The average molecular weight is 349 g/mol. The maximum absolute atomic E-state index is 12.2. The molecule has 1 aromatic carbocycles. The Kier molecular flexibility index (Phi) is 5.04. The van der Waals surface area contributed by atoms with Gasteiger partial charge in [0.2, 0.25) is 0 Å². The minimum Gasteiger partial charge on any atom is -0.399 e. The highest BCUT2D eigenvalue weighted by Crippen LogP contribution is 2.27. The number of amides is 1. The molecule has 0 radical (unpaired) electrons. The number of likely N-dealkylation sites (N-methyl/N-ethyl adjacent to an activating group) is 1. The van der Waals surface area contributed by atoms with Gasteiger partial charge in [0.25, 0.3) is 0 Å². The fourth-order valence-corrected chi connectivity index (χ4v) is 3.66. The number of thiazole rings is 1. The van der Waals surface area contributed by atoms with Gasteiger partial charge < -0.3 is 15.5 Å². The fourth-order valence-electron chi connectivity index (χ4n) is 2.25. The Morgan fingerprint density at radius 3 is 2.65 bits per heavy atom. The zero-order valence-electron chi connectivity index (χ0n) is 12.9. The highest BCUT2D eigenvalue weighted by atomic mass is 32.2. The molecule has 1 aliphatic rings. The van der Waals surface area contributed by atoms with Gasteiger partial charge in [-0.05, 0) is 19.2 Å². The van der Waals surface area contributed by atoms with Crippen LogP contribution >= 0.6 is 23.3 Å². The van der Waals surface area contributed by atoms with Crippen LogP contribution in [0.15, 0.2) is 29.6 Å². The summed E-state index contributed by atoms with van der Waals surface area (Å²) in [4.78, 5) is 20.8. The minimum absolute atomic E-state index is 0.0438. The zero-order chi connectivity index (χ0) is 16.2. The van der Waals surface area contributed by atoms with Crippen molar-refractivity contribution in [1.82, 2.24) is 14.8 Å². The summed E-state index contributed by atoms with van der Waals surface area (Å²) in [5.74, 6) is 0. The fraction of sp³-hybridized carbons (Fsp3) is 0.333. The topological polar surface area (TPSA) is 74.5 Å². The summed E-state index contributed by atoms with van der Waals surface area (Å²) < 4.78 is 3.05. The first-order chi connectivity index (χ1) is 11.1. The van der Waals surface area contributed by atoms with E-state index in [9.17, 15) is 4.79 Å². The number of carbonyl (C=O) groups is 1. The van der Waals surface area contributed by atoms with E-state index >= 15 is 0 Å². The van der Waals surface area contributed by atoms with Crippen molar-refractivity contribution in [1.29, 1.82) is 0 Å². The van der Waals surface area contributed by atoms with Gasteiger partial charge in [-0.15, -0.1) is 11.3 Å². The molecule has 0 atom stereocenters. The van der Waals surface area contributed by atoms with Gasteiger partial charge in [0.05, 0.1) is 5.69 Å². The van der Waals surface area contributed by atoms with Gasteiger partial charge in [-0.3, -0.25) is 9.52 Å². The van der Waals surface area contributed by atoms with Crippen LogP contribution in [0.2, 0.25) is 0 Å². The van der Waals surface area contributed by atoms with Gasteiger partial charge in [0.15, 0.2) is 5.13 Å². The number of carbonyl (C=O) groups excluding carboxylic acids is 1. The third-order valence-corrected chi connectivity index (χ3v) is 5.31. The normalized spacial score (nSPS) is 15.6. The SMILES string of the molecule is CN1CCN(C(=O)SNc2nc(-c3ccc(N)cc3)cs2)CC1. The number of nitrogens with zero attached hydrogens (tertiary/aromatic N) is 3. The second-order valence-corrected chi connectivity index (χ2v) is 7.04. The smallest absolute Gasteiger partial charge is 0.302 e. The molecule has 6 nitrogen and oxygen atoms in total. The number of nitrogens with one attached hydrogen (secondary N) is 1. The number of hydrogen-bond donors (Lipinski definition) is 2. The first-order valence-corrected chi connectivity index (χ1v) is 9.03. The van der Waals surface area contributed by atoms with E-state index in [0.717, 1.165) is 60.2 Å². The van der Waals surface area contributed by atoms with E-state index in [0.29, 0.717) is 0 Å². The van der Waals surface area contributed by atoms with Crippen LogP contribution in [0.25, 0.3) is 11.3 Å². The summed E-state index contributed by atoms with van der Waals surface area (Å²) in [7, 11) is 2.07. The Labute approximate surface area is 143 Å².